The molecule has 7 heteroatoms. The van der Waals surface area contributed by atoms with Gasteiger partial charge in [-0.15, -0.1) is 0 Å². The van der Waals surface area contributed by atoms with E-state index in [0.717, 1.165) is 17.0 Å². The Morgan fingerprint density at radius 3 is 2.54 bits per heavy atom. The largest absolute Gasteiger partial charge is 0.486 e. The zero-order valence-electron chi connectivity index (χ0n) is 15.6. The Labute approximate surface area is 152 Å². The fourth-order valence-corrected chi connectivity index (χ4v) is 3.06. The summed E-state index contributed by atoms with van der Waals surface area (Å²) in [4.78, 5) is 24.6. The molecule has 0 unspecified atom stereocenters. The van der Waals surface area contributed by atoms with E-state index in [-0.39, 0.29) is 30.0 Å². The third kappa shape index (κ3) is 3.61. The molecule has 3 rings (SSSR count). The first-order valence-corrected chi connectivity index (χ1v) is 8.81. The number of aromatic amines is 1. The summed E-state index contributed by atoms with van der Waals surface area (Å²) in [5.41, 5.74) is 2.18. The molecule has 1 aromatic heterocycles. The molecule has 2 aromatic rings. The summed E-state index contributed by atoms with van der Waals surface area (Å²) < 4.78 is 12.5. The van der Waals surface area contributed by atoms with Gasteiger partial charge in [0.05, 0.1) is 6.04 Å². The molecule has 1 aromatic carbocycles. The Kier molecular flexibility index (Phi) is 5.06. The highest BCUT2D eigenvalue weighted by Crippen LogP contribution is 2.34. The van der Waals surface area contributed by atoms with Crippen molar-refractivity contribution in [3.8, 4) is 11.5 Å². The lowest BCUT2D eigenvalue weighted by Crippen LogP contribution is -2.36. The lowest BCUT2D eigenvalue weighted by Gasteiger charge is -2.25. The van der Waals surface area contributed by atoms with Crippen LogP contribution in [-0.2, 0) is 11.3 Å². The molecule has 7 nitrogen and oxygen atoms in total. The maximum absolute atomic E-state index is 12.5. The predicted molar refractivity (Wildman–Crippen MR) is 97.7 cm³/mol. The van der Waals surface area contributed by atoms with Crippen molar-refractivity contribution in [2.24, 2.45) is 5.92 Å². The van der Waals surface area contributed by atoms with Gasteiger partial charge in [0.25, 0.3) is 5.56 Å². The number of amides is 1. The van der Waals surface area contributed by atoms with Crippen LogP contribution in [0, 0.1) is 19.8 Å². The van der Waals surface area contributed by atoms with Crippen LogP contribution < -0.4 is 20.3 Å². The first-order chi connectivity index (χ1) is 12.4. The number of ether oxygens (including phenoxy) is 2. The van der Waals surface area contributed by atoms with Crippen molar-refractivity contribution in [2.45, 2.75) is 40.3 Å². The predicted octanol–water partition coefficient (Wildman–Crippen LogP) is 2.08. The number of H-pyrrole nitrogens is 1. The second kappa shape index (κ2) is 7.27. The van der Waals surface area contributed by atoms with Crippen molar-refractivity contribution in [1.82, 2.24) is 15.1 Å². The van der Waals surface area contributed by atoms with Gasteiger partial charge in [-0.05, 0) is 37.5 Å². The van der Waals surface area contributed by atoms with Crippen LogP contribution in [0.4, 0.5) is 0 Å². The van der Waals surface area contributed by atoms with E-state index >= 15 is 0 Å². The molecule has 26 heavy (non-hydrogen) atoms. The van der Waals surface area contributed by atoms with Crippen LogP contribution in [0.1, 0.15) is 36.7 Å². The number of carbonyl (C=O) groups is 1. The molecule has 0 aliphatic carbocycles. The van der Waals surface area contributed by atoms with Gasteiger partial charge in [-0.2, -0.15) is 0 Å². The first-order valence-electron chi connectivity index (χ1n) is 8.81. The number of benzene rings is 1. The molecule has 0 spiro atoms. The van der Waals surface area contributed by atoms with E-state index < -0.39 is 0 Å². The number of fused-ring (bicyclic) bond motifs is 1. The molecule has 1 atom stereocenters. The normalized spacial score (nSPS) is 14.3. The van der Waals surface area contributed by atoms with E-state index in [4.69, 9.17) is 9.47 Å². The standard InChI is InChI=1S/C19H25N3O4/c1-11(2)18(14-5-6-15-16(9-14)26-8-7-25-15)20-17(23)10-22-19(24)12(3)13(4)21-22/h5-6,9,11,18,21H,7-8,10H2,1-4H3,(H,20,23)/t18-/m0/s1. The average Bonchev–Trinajstić information content (AvgIpc) is 2.86. The molecule has 0 saturated heterocycles. The van der Waals surface area contributed by atoms with Crippen molar-refractivity contribution in [1.29, 1.82) is 0 Å². The maximum atomic E-state index is 12.5. The van der Waals surface area contributed by atoms with Gasteiger partial charge in [0.1, 0.15) is 19.8 Å². The zero-order chi connectivity index (χ0) is 18.8. The number of carbonyl (C=O) groups excluding carboxylic acids is 1. The maximum Gasteiger partial charge on any atom is 0.270 e. The summed E-state index contributed by atoms with van der Waals surface area (Å²) in [6.45, 7) is 8.66. The second-order valence-electron chi connectivity index (χ2n) is 6.95. The molecule has 1 aliphatic rings. The number of aryl methyl sites for hydroxylation is 1. The lowest BCUT2D eigenvalue weighted by molar-refractivity contribution is -0.123. The van der Waals surface area contributed by atoms with E-state index in [1.54, 1.807) is 6.92 Å². The molecule has 1 aliphatic heterocycles. The SMILES string of the molecule is Cc1[nH]n(CC(=O)N[C@H](c2ccc3c(c2)OCCO3)C(C)C)c(=O)c1C. The summed E-state index contributed by atoms with van der Waals surface area (Å²) in [6.07, 6.45) is 0. The minimum atomic E-state index is -0.220. The zero-order valence-corrected chi connectivity index (χ0v) is 15.6. The summed E-state index contributed by atoms with van der Waals surface area (Å²) >= 11 is 0. The van der Waals surface area contributed by atoms with Crippen molar-refractivity contribution in [3.05, 3.63) is 45.4 Å². The second-order valence-corrected chi connectivity index (χ2v) is 6.95. The highest BCUT2D eigenvalue weighted by molar-refractivity contribution is 5.76. The topological polar surface area (TPSA) is 85.3 Å². The molecule has 140 valence electrons. The average molecular weight is 359 g/mol. The van der Waals surface area contributed by atoms with E-state index in [1.807, 2.05) is 39.0 Å². The Bertz CT molecular complexity index is 866. The highest BCUT2D eigenvalue weighted by Gasteiger charge is 2.22. The van der Waals surface area contributed by atoms with Gasteiger partial charge in [0.2, 0.25) is 5.91 Å². The Hall–Kier alpha value is -2.70. The van der Waals surface area contributed by atoms with Crippen LogP contribution in [0.25, 0.3) is 0 Å². The summed E-state index contributed by atoms with van der Waals surface area (Å²) in [6, 6.07) is 5.53. The fourth-order valence-electron chi connectivity index (χ4n) is 3.06. The third-order valence-corrected chi connectivity index (χ3v) is 4.64. The van der Waals surface area contributed by atoms with Gasteiger partial charge in [-0.3, -0.25) is 14.7 Å². The summed E-state index contributed by atoms with van der Waals surface area (Å²) in [7, 11) is 0. The van der Waals surface area contributed by atoms with Gasteiger partial charge in [-0.1, -0.05) is 19.9 Å². The minimum absolute atomic E-state index is 0.0404. The van der Waals surface area contributed by atoms with Crippen molar-refractivity contribution < 1.29 is 14.3 Å². The van der Waals surface area contributed by atoms with Gasteiger partial charge < -0.3 is 14.8 Å². The smallest absolute Gasteiger partial charge is 0.270 e. The molecular formula is C19H25N3O4. The molecule has 0 bridgehead atoms. The van der Waals surface area contributed by atoms with Gasteiger partial charge in [0.15, 0.2) is 11.5 Å². The monoisotopic (exact) mass is 359 g/mol. The number of hydrogen-bond acceptors (Lipinski definition) is 4. The Morgan fingerprint density at radius 2 is 1.92 bits per heavy atom. The third-order valence-electron chi connectivity index (χ3n) is 4.64. The quantitative estimate of drug-likeness (QED) is 0.856. The van der Waals surface area contributed by atoms with E-state index in [9.17, 15) is 9.59 Å². The molecule has 0 saturated carbocycles. The van der Waals surface area contributed by atoms with E-state index in [2.05, 4.69) is 10.4 Å². The van der Waals surface area contributed by atoms with Crippen LogP contribution in [-0.4, -0.2) is 28.9 Å². The molecule has 2 N–H and O–H groups in total. The van der Waals surface area contributed by atoms with E-state index in [0.29, 0.717) is 24.5 Å². The van der Waals surface area contributed by atoms with Gasteiger partial charge in [0, 0.05) is 11.3 Å². The van der Waals surface area contributed by atoms with Crippen LogP contribution in [0.5, 0.6) is 11.5 Å². The molecular weight excluding hydrogens is 334 g/mol. The van der Waals surface area contributed by atoms with E-state index in [1.165, 1.54) is 4.68 Å². The number of nitrogens with zero attached hydrogens (tertiary/aromatic N) is 1. The Balaban J connectivity index is 1.77. The van der Waals surface area contributed by atoms with Crippen molar-refractivity contribution in [3.63, 3.8) is 0 Å². The number of hydrogen-bond donors (Lipinski definition) is 2. The summed E-state index contributed by atoms with van der Waals surface area (Å²) in [5, 5.41) is 5.96. The molecule has 0 radical (unpaired) electrons. The molecule has 1 amide bonds. The molecule has 0 fully saturated rings. The number of nitrogens with one attached hydrogen (secondary N) is 2. The van der Waals surface area contributed by atoms with Crippen molar-refractivity contribution in [2.75, 3.05) is 13.2 Å². The number of aromatic nitrogens is 2. The van der Waals surface area contributed by atoms with Crippen LogP contribution in [0.3, 0.4) is 0 Å². The lowest BCUT2D eigenvalue weighted by atomic mass is 9.95. The van der Waals surface area contributed by atoms with Gasteiger partial charge in [-0.25, -0.2) is 4.68 Å². The molecule has 2 heterocycles. The van der Waals surface area contributed by atoms with Crippen molar-refractivity contribution >= 4 is 5.91 Å². The van der Waals surface area contributed by atoms with Crippen LogP contribution in [0.2, 0.25) is 0 Å². The Morgan fingerprint density at radius 1 is 1.23 bits per heavy atom. The number of rotatable bonds is 5. The van der Waals surface area contributed by atoms with Gasteiger partial charge >= 0.3 is 0 Å². The minimum Gasteiger partial charge on any atom is -0.486 e. The highest BCUT2D eigenvalue weighted by atomic mass is 16.6. The van der Waals surface area contributed by atoms with Crippen LogP contribution in [0.15, 0.2) is 23.0 Å². The first kappa shape index (κ1) is 18.1. The fraction of sp³-hybridized carbons (Fsp3) is 0.474. The summed E-state index contributed by atoms with van der Waals surface area (Å²) in [5.74, 6) is 1.37. The van der Waals surface area contributed by atoms with Crippen LogP contribution >= 0.6 is 0 Å².